The highest BCUT2D eigenvalue weighted by molar-refractivity contribution is 5.39. The van der Waals surface area contributed by atoms with Crippen molar-refractivity contribution >= 4 is 5.65 Å². The Kier molecular flexibility index (Phi) is 3.59. The minimum Gasteiger partial charge on any atom is -0.392 e. The van der Waals surface area contributed by atoms with E-state index >= 15 is 0 Å². The van der Waals surface area contributed by atoms with Crippen LogP contribution in [0.25, 0.3) is 5.65 Å². The lowest BCUT2D eigenvalue weighted by atomic mass is 10.0. The van der Waals surface area contributed by atoms with Crippen molar-refractivity contribution in [2.75, 3.05) is 6.54 Å². The van der Waals surface area contributed by atoms with Crippen LogP contribution in [0.5, 0.6) is 0 Å². The zero-order chi connectivity index (χ0) is 15.8. The molecule has 1 fully saturated rings. The van der Waals surface area contributed by atoms with Crippen molar-refractivity contribution in [1.29, 1.82) is 0 Å². The number of rotatable bonds is 3. The SMILES string of the molecule is O[C@H]1C[C@@H](c2cccc(F)c2)N(Cc2cn3ccccc3n2)C1. The van der Waals surface area contributed by atoms with Crippen LogP contribution in [-0.2, 0) is 6.54 Å². The highest BCUT2D eigenvalue weighted by atomic mass is 19.1. The van der Waals surface area contributed by atoms with E-state index in [4.69, 9.17) is 0 Å². The Bertz CT molecular complexity index is 799. The number of likely N-dealkylation sites (tertiary alicyclic amines) is 1. The molecule has 1 aromatic carbocycles. The molecule has 0 radical (unpaired) electrons. The van der Waals surface area contributed by atoms with Crippen LogP contribution in [-0.4, -0.2) is 32.0 Å². The standard InChI is InChI=1S/C18H18FN3O/c19-14-5-3-4-13(8-14)17-9-16(23)12-22(17)11-15-10-21-7-2-1-6-18(21)20-15/h1-8,10,16-17,23H,9,11-12H2/t16-,17-/m0/s1. The molecule has 1 N–H and O–H groups in total. The van der Waals surface area contributed by atoms with E-state index in [0.29, 0.717) is 19.5 Å². The molecule has 0 saturated carbocycles. The largest absolute Gasteiger partial charge is 0.392 e. The summed E-state index contributed by atoms with van der Waals surface area (Å²) in [6, 6.07) is 12.5. The van der Waals surface area contributed by atoms with Gasteiger partial charge in [-0.3, -0.25) is 4.90 Å². The number of aliphatic hydroxyl groups excluding tert-OH is 1. The number of nitrogens with zero attached hydrogens (tertiary/aromatic N) is 3. The topological polar surface area (TPSA) is 40.8 Å². The average molecular weight is 311 g/mol. The third-order valence-corrected chi connectivity index (χ3v) is 4.39. The Balaban J connectivity index is 1.61. The van der Waals surface area contributed by atoms with Gasteiger partial charge >= 0.3 is 0 Å². The van der Waals surface area contributed by atoms with Gasteiger partial charge in [0.05, 0.1) is 11.8 Å². The van der Waals surface area contributed by atoms with Gasteiger partial charge in [-0.1, -0.05) is 18.2 Å². The fourth-order valence-corrected chi connectivity index (χ4v) is 3.39. The summed E-state index contributed by atoms with van der Waals surface area (Å²) < 4.78 is 15.5. The number of pyridine rings is 1. The van der Waals surface area contributed by atoms with Crippen molar-refractivity contribution in [1.82, 2.24) is 14.3 Å². The van der Waals surface area contributed by atoms with E-state index in [1.54, 1.807) is 12.1 Å². The van der Waals surface area contributed by atoms with E-state index in [1.165, 1.54) is 6.07 Å². The molecule has 5 heteroatoms. The summed E-state index contributed by atoms with van der Waals surface area (Å²) in [5.74, 6) is -0.239. The van der Waals surface area contributed by atoms with E-state index in [2.05, 4.69) is 9.88 Å². The molecule has 118 valence electrons. The Labute approximate surface area is 133 Å². The summed E-state index contributed by atoms with van der Waals surface area (Å²) in [6.45, 7) is 1.22. The van der Waals surface area contributed by atoms with Crippen LogP contribution in [0.15, 0.2) is 54.9 Å². The second-order valence-electron chi connectivity index (χ2n) is 6.09. The molecular weight excluding hydrogens is 293 g/mol. The van der Waals surface area contributed by atoms with Crippen LogP contribution in [0.3, 0.4) is 0 Å². The van der Waals surface area contributed by atoms with E-state index in [0.717, 1.165) is 16.9 Å². The molecule has 1 aliphatic heterocycles. The molecule has 3 aromatic rings. The Hall–Kier alpha value is -2.24. The van der Waals surface area contributed by atoms with Crippen LogP contribution < -0.4 is 0 Å². The van der Waals surface area contributed by atoms with Crippen molar-refractivity contribution in [3.63, 3.8) is 0 Å². The number of hydrogen-bond donors (Lipinski definition) is 1. The van der Waals surface area contributed by atoms with Gasteiger partial charge in [0.15, 0.2) is 0 Å². The molecule has 1 saturated heterocycles. The number of halogens is 1. The summed E-state index contributed by atoms with van der Waals surface area (Å²) in [4.78, 5) is 6.78. The molecule has 0 unspecified atom stereocenters. The molecule has 4 nitrogen and oxygen atoms in total. The number of benzene rings is 1. The predicted octanol–water partition coefficient (Wildman–Crippen LogP) is 2.78. The van der Waals surface area contributed by atoms with E-state index in [9.17, 15) is 9.50 Å². The third kappa shape index (κ3) is 2.85. The van der Waals surface area contributed by atoms with Crippen LogP contribution in [0, 0.1) is 5.82 Å². The molecule has 2 atom stereocenters. The van der Waals surface area contributed by atoms with E-state index in [1.807, 2.05) is 41.1 Å². The smallest absolute Gasteiger partial charge is 0.137 e. The van der Waals surface area contributed by atoms with Gasteiger partial charge in [0.2, 0.25) is 0 Å². The highest BCUT2D eigenvalue weighted by Gasteiger charge is 2.32. The number of β-amino-alcohol motifs (C(OH)–C–C–N with tert-alkyl or cyclic N) is 1. The number of aromatic nitrogens is 2. The summed E-state index contributed by atoms with van der Waals surface area (Å²) in [5, 5.41) is 10.1. The first-order valence-corrected chi connectivity index (χ1v) is 7.79. The van der Waals surface area contributed by atoms with Gasteiger partial charge in [-0.2, -0.15) is 0 Å². The fourth-order valence-electron chi connectivity index (χ4n) is 3.39. The monoisotopic (exact) mass is 311 g/mol. The van der Waals surface area contributed by atoms with Gasteiger partial charge in [-0.25, -0.2) is 9.37 Å². The first kappa shape index (κ1) is 14.4. The van der Waals surface area contributed by atoms with Crippen molar-refractivity contribution < 1.29 is 9.50 Å². The lowest BCUT2D eigenvalue weighted by Crippen LogP contribution is -2.24. The summed E-state index contributed by atoms with van der Waals surface area (Å²) in [6.07, 6.45) is 4.20. The highest BCUT2D eigenvalue weighted by Crippen LogP contribution is 2.33. The molecule has 4 rings (SSSR count). The van der Waals surface area contributed by atoms with Gasteiger partial charge < -0.3 is 9.51 Å². The minimum absolute atomic E-state index is 0.0190. The first-order valence-electron chi connectivity index (χ1n) is 7.79. The third-order valence-electron chi connectivity index (χ3n) is 4.39. The quantitative estimate of drug-likeness (QED) is 0.808. The van der Waals surface area contributed by atoms with Crippen LogP contribution in [0.4, 0.5) is 4.39 Å². The Morgan fingerprint density at radius 2 is 2.13 bits per heavy atom. The Morgan fingerprint density at radius 3 is 2.96 bits per heavy atom. The average Bonchev–Trinajstić information content (AvgIpc) is 3.10. The van der Waals surface area contributed by atoms with Crippen LogP contribution in [0.2, 0.25) is 0 Å². The molecule has 0 aliphatic carbocycles. The van der Waals surface area contributed by atoms with Gasteiger partial charge in [0.1, 0.15) is 11.5 Å². The zero-order valence-corrected chi connectivity index (χ0v) is 12.6. The number of imidazole rings is 1. The van der Waals surface area contributed by atoms with Crippen molar-refractivity contribution in [2.45, 2.75) is 25.1 Å². The molecule has 1 aliphatic rings. The van der Waals surface area contributed by atoms with Crippen molar-refractivity contribution in [3.8, 4) is 0 Å². The van der Waals surface area contributed by atoms with Crippen molar-refractivity contribution in [2.24, 2.45) is 0 Å². The Morgan fingerprint density at radius 1 is 1.22 bits per heavy atom. The molecule has 3 heterocycles. The second kappa shape index (κ2) is 5.76. The van der Waals surface area contributed by atoms with Crippen LogP contribution >= 0.6 is 0 Å². The number of hydrogen-bond acceptors (Lipinski definition) is 3. The molecule has 23 heavy (non-hydrogen) atoms. The summed E-state index contributed by atoms with van der Waals surface area (Å²) in [5.41, 5.74) is 2.77. The maximum Gasteiger partial charge on any atom is 0.137 e. The summed E-state index contributed by atoms with van der Waals surface area (Å²) >= 11 is 0. The fraction of sp³-hybridized carbons (Fsp3) is 0.278. The molecular formula is C18H18FN3O. The van der Waals surface area contributed by atoms with Crippen LogP contribution in [0.1, 0.15) is 23.7 Å². The lowest BCUT2D eigenvalue weighted by Gasteiger charge is -2.23. The predicted molar refractivity (Wildman–Crippen MR) is 85.4 cm³/mol. The number of aliphatic hydroxyl groups is 1. The molecule has 0 spiro atoms. The lowest BCUT2D eigenvalue weighted by molar-refractivity contribution is 0.172. The molecule has 2 aromatic heterocycles. The van der Waals surface area contributed by atoms with E-state index in [-0.39, 0.29) is 18.0 Å². The number of fused-ring (bicyclic) bond motifs is 1. The molecule has 0 bridgehead atoms. The van der Waals surface area contributed by atoms with Crippen molar-refractivity contribution in [3.05, 3.63) is 71.9 Å². The molecule has 0 amide bonds. The normalized spacial score (nSPS) is 22.0. The second-order valence-corrected chi connectivity index (χ2v) is 6.09. The first-order chi connectivity index (χ1) is 11.2. The maximum absolute atomic E-state index is 13.5. The van der Waals surface area contributed by atoms with Gasteiger partial charge in [-0.05, 0) is 36.2 Å². The summed E-state index contributed by atoms with van der Waals surface area (Å²) in [7, 11) is 0. The van der Waals surface area contributed by atoms with Gasteiger partial charge in [-0.15, -0.1) is 0 Å². The van der Waals surface area contributed by atoms with E-state index < -0.39 is 0 Å². The zero-order valence-electron chi connectivity index (χ0n) is 12.6. The maximum atomic E-state index is 13.5. The van der Waals surface area contributed by atoms with Gasteiger partial charge in [0.25, 0.3) is 0 Å². The van der Waals surface area contributed by atoms with Gasteiger partial charge in [0, 0.05) is 31.5 Å². The minimum atomic E-state index is -0.389.